The predicted octanol–water partition coefficient (Wildman–Crippen LogP) is 1.82. The fourth-order valence-electron chi connectivity index (χ4n) is 1.41. The third kappa shape index (κ3) is 2.45. The standard InChI is InChI=1S/C10H13NO3/c1-8-4-3-5-9(10(8)14-2)6-7-11(12)13/h3-5H,6-7H2,1-2H3. The molecule has 1 aromatic carbocycles. The van der Waals surface area contributed by atoms with Gasteiger partial charge in [-0.05, 0) is 12.5 Å². The number of benzene rings is 1. The van der Waals surface area contributed by atoms with Crippen LogP contribution in [0.5, 0.6) is 5.75 Å². The zero-order chi connectivity index (χ0) is 10.6. The maximum absolute atomic E-state index is 10.2. The number of ether oxygens (including phenoxy) is 1. The molecule has 0 unspecified atom stereocenters. The van der Waals surface area contributed by atoms with E-state index in [1.54, 1.807) is 7.11 Å². The summed E-state index contributed by atoms with van der Waals surface area (Å²) in [5.74, 6) is 0.759. The summed E-state index contributed by atoms with van der Waals surface area (Å²) in [5.41, 5.74) is 1.90. The Balaban J connectivity index is 2.85. The van der Waals surface area contributed by atoms with Gasteiger partial charge in [-0.25, -0.2) is 0 Å². The van der Waals surface area contributed by atoms with Crippen molar-refractivity contribution in [2.75, 3.05) is 13.7 Å². The molecule has 0 aliphatic heterocycles. The quantitative estimate of drug-likeness (QED) is 0.544. The van der Waals surface area contributed by atoms with Gasteiger partial charge >= 0.3 is 0 Å². The van der Waals surface area contributed by atoms with Gasteiger partial charge in [0.1, 0.15) is 5.75 Å². The van der Waals surface area contributed by atoms with Crippen LogP contribution in [0.25, 0.3) is 0 Å². The van der Waals surface area contributed by atoms with E-state index in [1.807, 2.05) is 25.1 Å². The van der Waals surface area contributed by atoms with Gasteiger partial charge in [0.25, 0.3) is 0 Å². The summed E-state index contributed by atoms with van der Waals surface area (Å²) in [5, 5.41) is 10.2. The number of hydrogen-bond donors (Lipinski definition) is 0. The molecule has 4 nitrogen and oxygen atoms in total. The lowest BCUT2D eigenvalue weighted by atomic mass is 10.1. The highest BCUT2D eigenvalue weighted by Crippen LogP contribution is 2.23. The molecule has 14 heavy (non-hydrogen) atoms. The average Bonchev–Trinajstić information content (AvgIpc) is 2.14. The maximum Gasteiger partial charge on any atom is 0.208 e. The summed E-state index contributed by atoms with van der Waals surface area (Å²) in [6, 6.07) is 5.66. The zero-order valence-corrected chi connectivity index (χ0v) is 8.32. The van der Waals surface area contributed by atoms with Crippen LogP contribution in [0, 0.1) is 17.0 Å². The maximum atomic E-state index is 10.2. The number of aryl methyl sites for hydroxylation is 1. The second kappa shape index (κ2) is 4.60. The van der Waals surface area contributed by atoms with Gasteiger partial charge in [0, 0.05) is 16.9 Å². The first-order valence-corrected chi connectivity index (χ1v) is 4.39. The van der Waals surface area contributed by atoms with E-state index >= 15 is 0 Å². The second-order valence-corrected chi connectivity index (χ2v) is 3.07. The highest BCUT2D eigenvalue weighted by atomic mass is 16.6. The molecular formula is C10H13NO3. The highest BCUT2D eigenvalue weighted by molar-refractivity contribution is 5.40. The smallest absolute Gasteiger partial charge is 0.208 e. The van der Waals surface area contributed by atoms with E-state index in [1.165, 1.54) is 0 Å². The molecule has 76 valence electrons. The molecule has 0 saturated heterocycles. The van der Waals surface area contributed by atoms with Crippen LogP contribution in [0.2, 0.25) is 0 Å². The molecule has 0 aliphatic rings. The molecule has 0 amide bonds. The Bertz CT molecular complexity index is 336. The lowest BCUT2D eigenvalue weighted by Gasteiger charge is -2.09. The van der Waals surface area contributed by atoms with Gasteiger partial charge in [0.15, 0.2) is 0 Å². The van der Waals surface area contributed by atoms with Crippen molar-refractivity contribution in [3.63, 3.8) is 0 Å². The van der Waals surface area contributed by atoms with Gasteiger partial charge in [-0.3, -0.25) is 10.1 Å². The van der Waals surface area contributed by atoms with Crippen LogP contribution in [0.15, 0.2) is 18.2 Å². The van der Waals surface area contributed by atoms with E-state index < -0.39 is 0 Å². The molecule has 1 aromatic rings. The van der Waals surface area contributed by atoms with Gasteiger partial charge < -0.3 is 4.74 Å². The fraction of sp³-hybridized carbons (Fsp3) is 0.400. The summed E-state index contributed by atoms with van der Waals surface area (Å²) in [6.07, 6.45) is 0.415. The Hall–Kier alpha value is -1.58. The molecule has 0 atom stereocenters. The Morgan fingerprint density at radius 3 is 2.79 bits per heavy atom. The molecule has 1 rings (SSSR count). The van der Waals surface area contributed by atoms with E-state index in [2.05, 4.69) is 0 Å². The number of para-hydroxylation sites is 1. The van der Waals surface area contributed by atoms with Crippen LogP contribution in [0.3, 0.4) is 0 Å². The van der Waals surface area contributed by atoms with E-state index in [9.17, 15) is 10.1 Å². The van der Waals surface area contributed by atoms with Crippen LogP contribution in [0.1, 0.15) is 11.1 Å². The molecule has 0 aromatic heterocycles. The van der Waals surface area contributed by atoms with Gasteiger partial charge in [-0.15, -0.1) is 0 Å². The summed E-state index contributed by atoms with van der Waals surface area (Å²) in [4.78, 5) is 9.90. The van der Waals surface area contributed by atoms with Crippen LogP contribution < -0.4 is 4.74 Å². The van der Waals surface area contributed by atoms with E-state index in [0.29, 0.717) is 6.42 Å². The van der Waals surface area contributed by atoms with E-state index in [-0.39, 0.29) is 11.5 Å². The van der Waals surface area contributed by atoms with Crippen molar-refractivity contribution in [1.29, 1.82) is 0 Å². The van der Waals surface area contributed by atoms with Crippen molar-refractivity contribution in [3.8, 4) is 5.75 Å². The van der Waals surface area contributed by atoms with Crippen LogP contribution >= 0.6 is 0 Å². The first kappa shape index (κ1) is 10.5. The first-order valence-electron chi connectivity index (χ1n) is 4.39. The number of hydrogen-bond acceptors (Lipinski definition) is 3. The molecule has 0 bridgehead atoms. The monoisotopic (exact) mass is 195 g/mol. The molecule has 0 N–H and O–H groups in total. The average molecular weight is 195 g/mol. The third-order valence-electron chi connectivity index (χ3n) is 2.06. The minimum Gasteiger partial charge on any atom is -0.496 e. The minimum atomic E-state index is -0.318. The third-order valence-corrected chi connectivity index (χ3v) is 2.06. The number of nitro groups is 1. The molecule has 0 heterocycles. The molecule has 0 radical (unpaired) electrons. The van der Waals surface area contributed by atoms with Gasteiger partial charge in [0.2, 0.25) is 6.54 Å². The first-order chi connectivity index (χ1) is 6.65. The van der Waals surface area contributed by atoms with E-state index in [4.69, 9.17) is 4.74 Å². The predicted molar refractivity (Wildman–Crippen MR) is 53.3 cm³/mol. The topological polar surface area (TPSA) is 52.4 Å². The molecular weight excluding hydrogens is 182 g/mol. The number of rotatable bonds is 4. The van der Waals surface area contributed by atoms with Gasteiger partial charge in [0.05, 0.1) is 7.11 Å². The Morgan fingerprint density at radius 2 is 2.21 bits per heavy atom. The Kier molecular flexibility index (Phi) is 3.45. The summed E-state index contributed by atoms with van der Waals surface area (Å²) < 4.78 is 5.19. The highest BCUT2D eigenvalue weighted by Gasteiger charge is 2.07. The van der Waals surface area contributed by atoms with E-state index in [0.717, 1.165) is 16.9 Å². The Labute approximate surface area is 82.7 Å². The summed E-state index contributed by atoms with van der Waals surface area (Å²) in [7, 11) is 1.58. The van der Waals surface area contributed by atoms with Crippen molar-refractivity contribution in [3.05, 3.63) is 39.4 Å². The second-order valence-electron chi connectivity index (χ2n) is 3.07. The lowest BCUT2D eigenvalue weighted by molar-refractivity contribution is -0.479. The molecule has 0 saturated carbocycles. The van der Waals surface area contributed by atoms with Crippen molar-refractivity contribution >= 4 is 0 Å². The van der Waals surface area contributed by atoms with Crippen LogP contribution in [0.4, 0.5) is 0 Å². The lowest BCUT2D eigenvalue weighted by Crippen LogP contribution is -2.05. The minimum absolute atomic E-state index is 0.0557. The van der Waals surface area contributed by atoms with Crippen molar-refractivity contribution in [1.82, 2.24) is 0 Å². The summed E-state index contributed by atoms with van der Waals surface area (Å²) >= 11 is 0. The zero-order valence-electron chi connectivity index (χ0n) is 8.32. The van der Waals surface area contributed by atoms with Gasteiger partial charge in [-0.2, -0.15) is 0 Å². The summed E-state index contributed by atoms with van der Waals surface area (Å²) in [6.45, 7) is 1.87. The van der Waals surface area contributed by atoms with Crippen LogP contribution in [-0.2, 0) is 6.42 Å². The SMILES string of the molecule is COc1c(C)cccc1CC[N+](=O)[O-]. The van der Waals surface area contributed by atoms with Crippen molar-refractivity contribution in [2.45, 2.75) is 13.3 Å². The Morgan fingerprint density at radius 1 is 1.50 bits per heavy atom. The number of nitrogens with zero attached hydrogens (tertiary/aromatic N) is 1. The number of methoxy groups -OCH3 is 1. The van der Waals surface area contributed by atoms with Crippen molar-refractivity contribution < 1.29 is 9.66 Å². The largest absolute Gasteiger partial charge is 0.496 e. The fourth-order valence-corrected chi connectivity index (χ4v) is 1.41. The molecule has 0 spiro atoms. The molecule has 0 aliphatic carbocycles. The molecule has 0 fully saturated rings. The van der Waals surface area contributed by atoms with Crippen molar-refractivity contribution in [2.24, 2.45) is 0 Å². The van der Waals surface area contributed by atoms with Gasteiger partial charge in [-0.1, -0.05) is 18.2 Å². The molecule has 4 heteroatoms. The normalized spacial score (nSPS) is 9.86. The van der Waals surface area contributed by atoms with Crippen LogP contribution in [-0.4, -0.2) is 18.6 Å².